The number of carbonyl (C=O) groups excluding carboxylic acids is 3. The summed E-state index contributed by atoms with van der Waals surface area (Å²) < 4.78 is 18.4. The lowest BCUT2D eigenvalue weighted by Gasteiger charge is -2.21. The van der Waals surface area contributed by atoms with Crippen molar-refractivity contribution in [2.75, 3.05) is 17.3 Å². The Morgan fingerprint density at radius 2 is 1.64 bits per heavy atom. The molecular weight excluding hydrogens is 425 g/mol. The molecule has 7 nitrogen and oxygen atoms in total. The molecule has 0 radical (unpaired) electrons. The monoisotopic (exact) mass is 447 g/mol. The Balaban J connectivity index is 1.57. The van der Waals surface area contributed by atoms with Crippen LogP contribution in [-0.2, 0) is 16.1 Å². The number of hydrogen-bond acceptors (Lipinski definition) is 4. The third kappa shape index (κ3) is 4.85. The van der Waals surface area contributed by atoms with Gasteiger partial charge in [-0.2, -0.15) is 0 Å². The molecule has 0 aromatic heterocycles. The van der Waals surface area contributed by atoms with Gasteiger partial charge >= 0.3 is 6.03 Å². The van der Waals surface area contributed by atoms with Crippen LogP contribution in [-0.4, -0.2) is 35.9 Å². The van der Waals surface area contributed by atoms with E-state index in [0.717, 1.165) is 4.90 Å². The SMILES string of the molecule is COc1ccc(NC(=O)C[C@@H]2C(=O)N(c3ccccc3)C(=O)N2Cc2ccc(F)cc2)cc1. The molecule has 1 heterocycles. The number of nitrogens with one attached hydrogen (secondary N) is 1. The van der Waals surface area contributed by atoms with Gasteiger partial charge in [-0.3, -0.25) is 9.59 Å². The minimum atomic E-state index is -0.999. The summed E-state index contributed by atoms with van der Waals surface area (Å²) in [6.45, 7) is 0.0642. The summed E-state index contributed by atoms with van der Waals surface area (Å²) in [5, 5.41) is 2.75. The molecular formula is C25H22FN3O4. The van der Waals surface area contributed by atoms with Crippen molar-refractivity contribution in [1.82, 2.24) is 4.90 Å². The molecule has 1 fully saturated rings. The molecule has 0 spiro atoms. The zero-order chi connectivity index (χ0) is 23.4. The molecule has 1 N–H and O–H groups in total. The van der Waals surface area contributed by atoms with E-state index in [4.69, 9.17) is 4.74 Å². The molecule has 33 heavy (non-hydrogen) atoms. The summed E-state index contributed by atoms with van der Waals surface area (Å²) >= 11 is 0. The Kier molecular flexibility index (Phi) is 6.35. The van der Waals surface area contributed by atoms with Crippen molar-refractivity contribution in [3.05, 3.63) is 90.2 Å². The van der Waals surface area contributed by atoms with Crippen molar-refractivity contribution < 1.29 is 23.5 Å². The molecule has 1 aliphatic heterocycles. The van der Waals surface area contributed by atoms with E-state index in [1.807, 2.05) is 0 Å². The summed E-state index contributed by atoms with van der Waals surface area (Å²) in [6, 6.07) is 19.5. The fourth-order valence-electron chi connectivity index (χ4n) is 3.68. The maximum Gasteiger partial charge on any atom is 0.332 e. The highest BCUT2D eigenvalue weighted by Gasteiger charge is 2.46. The van der Waals surface area contributed by atoms with Crippen LogP contribution in [0.3, 0.4) is 0 Å². The Morgan fingerprint density at radius 3 is 2.27 bits per heavy atom. The minimum Gasteiger partial charge on any atom is -0.497 e. The fourth-order valence-corrected chi connectivity index (χ4v) is 3.68. The molecule has 1 saturated heterocycles. The summed E-state index contributed by atoms with van der Waals surface area (Å²) in [6.07, 6.45) is -0.221. The van der Waals surface area contributed by atoms with Crippen LogP contribution in [0.5, 0.6) is 5.75 Å². The normalized spacial score (nSPS) is 15.6. The van der Waals surface area contributed by atoms with Gasteiger partial charge in [-0.25, -0.2) is 14.1 Å². The third-order valence-electron chi connectivity index (χ3n) is 5.35. The van der Waals surface area contributed by atoms with Gasteiger partial charge in [0.2, 0.25) is 5.91 Å². The molecule has 1 aliphatic rings. The molecule has 3 aromatic rings. The number of hydrogen-bond donors (Lipinski definition) is 1. The number of urea groups is 1. The zero-order valence-corrected chi connectivity index (χ0v) is 17.9. The van der Waals surface area contributed by atoms with E-state index in [1.54, 1.807) is 73.8 Å². The quantitative estimate of drug-likeness (QED) is 0.551. The molecule has 8 heteroatoms. The smallest absolute Gasteiger partial charge is 0.332 e. The van der Waals surface area contributed by atoms with Crippen molar-refractivity contribution in [2.45, 2.75) is 19.0 Å². The van der Waals surface area contributed by atoms with Crippen molar-refractivity contribution >= 4 is 29.2 Å². The van der Waals surface area contributed by atoms with Gasteiger partial charge in [0.15, 0.2) is 0 Å². The van der Waals surface area contributed by atoms with Crippen molar-refractivity contribution in [3.8, 4) is 5.75 Å². The molecule has 0 saturated carbocycles. The Bertz CT molecular complexity index is 1150. The van der Waals surface area contributed by atoms with Crippen LogP contribution in [0.1, 0.15) is 12.0 Å². The van der Waals surface area contributed by atoms with Crippen molar-refractivity contribution in [1.29, 1.82) is 0 Å². The topological polar surface area (TPSA) is 79.0 Å². The average molecular weight is 447 g/mol. The molecule has 0 bridgehead atoms. The van der Waals surface area contributed by atoms with Gasteiger partial charge in [-0.05, 0) is 54.1 Å². The second-order valence-corrected chi connectivity index (χ2v) is 7.54. The van der Waals surface area contributed by atoms with Gasteiger partial charge in [0, 0.05) is 12.2 Å². The molecule has 0 aliphatic carbocycles. The molecule has 0 unspecified atom stereocenters. The first-order valence-electron chi connectivity index (χ1n) is 10.3. The first-order chi connectivity index (χ1) is 16.0. The lowest BCUT2D eigenvalue weighted by Crippen LogP contribution is -2.37. The lowest BCUT2D eigenvalue weighted by atomic mass is 10.1. The first-order valence-corrected chi connectivity index (χ1v) is 10.3. The highest BCUT2D eigenvalue weighted by atomic mass is 19.1. The van der Waals surface area contributed by atoms with E-state index >= 15 is 0 Å². The minimum absolute atomic E-state index is 0.0642. The largest absolute Gasteiger partial charge is 0.497 e. The fraction of sp³-hybridized carbons (Fsp3) is 0.160. The maximum absolute atomic E-state index is 13.3. The van der Waals surface area contributed by atoms with Gasteiger partial charge in [-0.1, -0.05) is 30.3 Å². The Labute approximate surface area is 190 Å². The summed E-state index contributed by atoms with van der Waals surface area (Å²) in [5.41, 5.74) is 1.62. The van der Waals surface area contributed by atoms with E-state index < -0.39 is 29.7 Å². The lowest BCUT2D eigenvalue weighted by molar-refractivity contribution is -0.124. The highest BCUT2D eigenvalue weighted by Crippen LogP contribution is 2.28. The third-order valence-corrected chi connectivity index (χ3v) is 5.35. The van der Waals surface area contributed by atoms with Crippen LogP contribution in [0.15, 0.2) is 78.9 Å². The van der Waals surface area contributed by atoms with Crippen molar-refractivity contribution in [2.24, 2.45) is 0 Å². The number of amides is 4. The summed E-state index contributed by atoms with van der Waals surface area (Å²) in [7, 11) is 1.55. The zero-order valence-electron chi connectivity index (χ0n) is 17.9. The van der Waals surface area contributed by atoms with Gasteiger partial charge in [-0.15, -0.1) is 0 Å². The van der Waals surface area contributed by atoms with E-state index in [9.17, 15) is 18.8 Å². The van der Waals surface area contributed by atoms with Gasteiger partial charge in [0.25, 0.3) is 5.91 Å². The van der Waals surface area contributed by atoms with Crippen LogP contribution in [0.2, 0.25) is 0 Å². The molecule has 1 atom stereocenters. The standard InChI is InChI=1S/C25H22FN3O4/c1-33-21-13-11-19(12-14-21)27-23(30)15-22-24(31)29(20-5-3-2-4-6-20)25(32)28(22)16-17-7-9-18(26)10-8-17/h2-14,22H,15-16H2,1H3,(H,27,30)/t22-/m1/s1. The maximum atomic E-state index is 13.3. The second kappa shape index (κ2) is 9.52. The summed E-state index contributed by atoms with van der Waals surface area (Å²) in [4.78, 5) is 41.7. The van der Waals surface area contributed by atoms with Crippen LogP contribution in [0.25, 0.3) is 0 Å². The van der Waals surface area contributed by atoms with E-state index in [1.165, 1.54) is 17.0 Å². The number of methoxy groups -OCH3 is 1. The molecule has 168 valence electrons. The number of para-hydroxylation sites is 1. The first kappa shape index (κ1) is 22.0. The number of imide groups is 1. The Hall–Kier alpha value is -4.20. The molecule has 4 amide bonds. The number of carbonyl (C=O) groups is 3. The number of benzene rings is 3. The number of anilines is 2. The van der Waals surface area contributed by atoms with Crippen LogP contribution >= 0.6 is 0 Å². The number of ether oxygens (including phenoxy) is 1. The van der Waals surface area contributed by atoms with Crippen LogP contribution in [0.4, 0.5) is 20.6 Å². The van der Waals surface area contributed by atoms with E-state index in [2.05, 4.69) is 5.32 Å². The summed E-state index contributed by atoms with van der Waals surface area (Å²) in [5.74, 6) is -0.652. The number of halogens is 1. The van der Waals surface area contributed by atoms with Gasteiger partial charge < -0.3 is 15.0 Å². The number of nitrogens with zero attached hydrogens (tertiary/aromatic N) is 2. The molecule has 3 aromatic carbocycles. The predicted octanol–water partition coefficient (Wildman–Crippen LogP) is 4.20. The second-order valence-electron chi connectivity index (χ2n) is 7.54. The Morgan fingerprint density at radius 1 is 0.970 bits per heavy atom. The van der Waals surface area contributed by atoms with Gasteiger partial charge in [0.05, 0.1) is 19.2 Å². The number of rotatable bonds is 7. The molecule has 4 rings (SSSR count). The van der Waals surface area contributed by atoms with Gasteiger partial charge in [0.1, 0.15) is 17.6 Å². The highest BCUT2D eigenvalue weighted by molar-refractivity contribution is 6.22. The van der Waals surface area contributed by atoms with E-state index in [0.29, 0.717) is 22.7 Å². The van der Waals surface area contributed by atoms with E-state index in [-0.39, 0.29) is 13.0 Å². The van der Waals surface area contributed by atoms with Crippen LogP contribution < -0.4 is 15.0 Å². The average Bonchev–Trinajstić information content (AvgIpc) is 3.05. The van der Waals surface area contributed by atoms with Crippen molar-refractivity contribution in [3.63, 3.8) is 0 Å². The predicted molar refractivity (Wildman–Crippen MR) is 121 cm³/mol. The van der Waals surface area contributed by atoms with Crippen LogP contribution in [0, 0.1) is 5.82 Å².